The average Bonchev–Trinajstić information content (AvgIpc) is 3.17. The third-order valence-corrected chi connectivity index (χ3v) is 7.87. The highest BCUT2D eigenvalue weighted by Crippen LogP contribution is 2.54. The van der Waals surface area contributed by atoms with Gasteiger partial charge in [-0.05, 0) is 36.6 Å². The zero-order chi connectivity index (χ0) is 30.0. The van der Waals surface area contributed by atoms with Crippen molar-refractivity contribution in [3.8, 4) is 6.07 Å². The second kappa shape index (κ2) is 11.9. The van der Waals surface area contributed by atoms with Crippen molar-refractivity contribution in [2.45, 2.75) is 49.4 Å². The van der Waals surface area contributed by atoms with Crippen LogP contribution in [0.5, 0.6) is 0 Å². The summed E-state index contributed by atoms with van der Waals surface area (Å²) >= 11 is 12.0. The molecule has 0 unspecified atom stereocenters. The second-order valence-corrected chi connectivity index (χ2v) is 10.5. The number of carbonyl (C=O) groups is 2. The maximum absolute atomic E-state index is 15.4. The molecule has 0 bridgehead atoms. The van der Waals surface area contributed by atoms with Gasteiger partial charge >= 0.3 is 18.1 Å². The van der Waals surface area contributed by atoms with E-state index in [0.717, 1.165) is 12.5 Å². The molecule has 216 valence electrons. The minimum absolute atomic E-state index is 0.0356. The van der Waals surface area contributed by atoms with Crippen LogP contribution < -0.4 is 5.32 Å². The smallest absolute Gasteiger partial charge is 0.480 e. The number of halogens is 7. The molecule has 2 aliphatic rings. The molecule has 0 saturated carbocycles. The van der Waals surface area contributed by atoms with Gasteiger partial charge in [0.25, 0.3) is 0 Å². The van der Waals surface area contributed by atoms with Crippen molar-refractivity contribution in [3.63, 3.8) is 0 Å². The van der Waals surface area contributed by atoms with E-state index in [1.54, 1.807) is 0 Å². The molecule has 2 fully saturated rings. The zero-order valence-corrected chi connectivity index (χ0v) is 22.2. The molecule has 3 N–H and O–H groups in total. The summed E-state index contributed by atoms with van der Waals surface area (Å²) in [6.45, 7) is 2.87. The Morgan fingerprint density at radius 2 is 1.80 bits per heavy atom. The number of nitrogens with zero attached hydrogens (tertiary/aromatic N) is 1. The van der Waals surface area contributed by atoms with Crippen LogP contribution in [0.3, 0.4) is 0 Å². The van der Waals surface area contributed by atoms with Crippen molar-refractivity contribution < 1.29 is 46.5 Å². The fraction of sp³-hybridized carbons (Fsp3) is 0.423. The summed E-state index contributed by atoms with van der Waals surface area (Å²) in [4.78, 5) is 21.2. The number of carboxylic acid groups (broad SMARTS) is 2. The largest absolute Gasteiger partial charge is 0.490 e. The summed E-state index contributed by atoms with van der Waals surface area (Å²) in [7, 11) is 0. The number of aliphatic carboxylic acids is 2. The minimum Gasteiger partial charge on any atom is -0.480 e. The minimum atomic E-state index is -5.08. The quantitative estimate of drug-likeness (QED) is 0.360. The number of nitriles is 1. The lowest BCUT2D eigenvalue weighted by Gasteiger charge is -2.45. The number of benzene rings is 2. The molecular weight excluding hydrogens is 586 g/mol. The number of alkyl halides is 3. The Kier molecular flexibility index (Phi) is 9.36. The first-order valence-corrected chi connectivity index (χ1v) is 12.6. The highest BCUT2D eigenvalue weighted by Gasteiger charge is 2.62. The highest BCUT2D eigenvalue weighted by atomic mass is 35.5. The molecule has 2 saturated heterocycles. The van der Waals surface area contributed by atoms with Gasteiger partial charge in [-0.3, -0.25) is 10.1 Å². The molecular formula is C26H23Cl2F5N2O5. The van der Waals surface area contributed by atoms with Crippen LogP contribution in [0.4, 0.5) is 22.0 Å². The van der Waals surface area contributed by atoms with E-state index in [4.69, 9.17) is 37.8 Å². The fourth-order valence-corrected chi connectivity index (χ4v) is 5.56. The van der Waals surface area contributed by atoms with Crippen LogP contribution in [0.25, 0.3) is 0 Å². The van der Waals surface area contributed by atoms with Gasteiger partial charge in [0.05, 0.1) is 24.3 Å². The molecule has 2 aliphatic heterocycles. The van der Waals surface area contributed by atoms with E-state index in [0.29, 0.717) is 19.6 Å². The molecule has 40 heavy (non-hydrogen) atoms. The standard InChI is InChI=1S/C24H22Cl2F2N2O3.C2HF3O2/c1-2-23(11-33-12-23)9-18-24(10-29,15-7-6-13(25)8-17(15)27)19(21(30-18)22(31)32)14-4-3-5-16(26)20(14)28;3-2(4,5)1(6)7/h3-8,18-19,21,30H,2,9,11-12H2,1H3,(H,31,32);(H,6,7)/t18-,19-,21+,24-;/m0./s1. The van der Waals surface area contributed by atoms with Gasteiger partial charge in [-0.15, -0.1) is 0 Å². The molecule has 4 atom stereocenters. The maximum atomic E-state index is 15.4. The van der Waals surface area contributed by atoms with Crippen LogP contribution in [0.1, 0.15) is 36.8 Å². The number of rotatable bonds is 6. The molecule has 4 rings (SSSR count). The van der Waals surface area contributed by atoms with E-state index in [1.807, 2.05) is 6.92 Å². The summed E-state index contributed by atoms with van der Waals surface area (Å²) in [6.07, 6.45) is -4.01. The van der Waals surface area contributed by atoms with Gasteiger partial charge in [0.2, 0.25) is 0 Å². The van der Waals surface area contributed by atoms with Crippen LogP contribution >= 0.6 is 23.2 Å². The Bertz CT molecular complexity index is 1330. The Labute approximate surface area is 235 Å². The van der Waals surface area contributed by atoms with Gasteiger partial charge in [0, 0.05) is 28.0 Å². The fourth-order valence-electron chi connectivity index (χ4n) is 5.22. The Hall–Kier alpha value is -2.98. The molecule has 0 radical (unpaired) electrons. The maximum Gasteiger partial charge on any atom is 0.490 e. The first kappa shape index (κ1) is 31.5. The van der Waals surface area contributed by atoms with Gasteiger partial charge in [0.15, 0.2) is 0 Å². The van der Waals surface area contributed by atoms with Crippen LogP contribution in [0.15, 0.2) is 36.4 Å². The summed E-state index contributed by atoms with van der Waals surface area (Å²) in [6, 6.07) is 8.19. The van der Waals surface area contributed by atoms with Crippen molar-refractivity contribution in [2.75, 3.05) is 13.2 Å². The molecule has 2 heterocycles. The molecule has 7 nitrogen and oxygen atoms in total. The molecule has 0 amide bonds. The van der Waals surface area contributed by atoms with Crippen molar-refractivity contribution in [1.29, 1.82) is 5.26 Å². The predicted molar refractivity (Wildman–Crippen MR) is 133 cm³/mol. The van der Waals surface area contributed by atoms with Crippen LogP contribution in [0, 0.1) is 28.4 Å². The number of ether oxygens (including phenoxy) is 1. The number of hydrogen-bond donors (Lipinski definition) is 3. The third-order valence-electron chi connectivity index (χ3n) is 7.34. The van der Waals surface area contributed by atoms with Crippen molar-refractivity contribution in [3.05, 3.63) is 69.2 Å². The monoisotopic (exact) mass is 608 g/mol. The number of nitrogens with one attached hydrogen (secondary N) is 1. The Morgan fingerprint density at radius 1 is 1.18 bits per heavy atom. The molecule has 2 aromatic carbocycles. The van der Waals surface area contributed by atoms with E-state index in [2.05, 4.69) is 11.4 Å². The third kappa shape index (κ3) is 5.88. The van der Waals surface area contributed by atoms with Gasteiger partial charge in [0.1, 0.15) is 23.1 Å². The Balaban J connectivity index is 0.000000559. The lowest BCUT2D eigenvalue weighted by atomic mass is 9.61. The zero-order valence-electron chi connectivity index (χ0n) is 20.7. The topological polar surface area (TPSA) is 120 Å². The normalized spacial score (nSPS) is 25.2. The molecule has 2 aromatic rings. The Morgan fingerprint density at radius 3 is 2.25 bits per heavy atom. The van der Waals surface area contributed by atoms with Gasteiger partial charge in [-0.1, -0.05) is 48.3 Å². The molecule has 0 spiro atoms. The summed E-state index contributed by atoms with van der Waals surface area (Å²) < 4.78 is 67.8. The van der Waals surface area contributed by atoms with Crippen molar-refractivity contribution in [2.24, 2.45) is 5.41 Å². The number of carboxylic acids is 2. The van der Waals surface area contributed by atoms with E-state index in [-0.39, 0.29) is 26.6 Å². The van der Waals surface area contributed by atoms with Gasteiger partial charge < -0.3 is 14.9 Å². The van der Waals surface area contributed by atoms with Gasteiger partial charge in [-0.25, -0.2) is 13.6 Å². The lowest BCUT2D eigenvalue weighted by Crippen LogP contribution is -2.51. The van der Waals surface area contributed by atoms with Gasteiger partial charge in [-0.2, -0.15) is 18.4 Å². The van der Waals surface area contributed by atoms with Crippen LogP contribution in [-0.2, 0) is 19.7 Å². The van der Waals surface area contributed by atoms with Crippen molar-refractivity contribution >= 4 is 35.1 Å². The number of hydrogen-bond acceptors (Lipinski definition) is 5. The first-order valence-electron chi connectivity index (χ1n) is 11.8. The second-order valence-electron chi connectivity index (χ2n) is 9.61. The molecule has 14 heteroatoms. The summed E-state index contributed by atoms with van der Waals surface area (Å²) in [5.74, 6) is -6.87. The first-order chi connectivity index (χ1) is 18.6. The summed E-state index contributed by atoms with van der Waals surface area (Å²) in [5.41, 5.74) is -2.14. The van der Waals surface area contributed by atoms with E-state index in [9.17, 15) is 28.3 Å². The predicted octanol–water partition coefficient (Wildman–Crippen LogP) is 5.69. The van der Waals surface area contributed by atoms with Crippen molar-refractivity contribution in [1.82, 2.24) is 5.32 Å². The highest BCUT2D eigenvalue weighted by molar-refractivity contribution is 6.31. The van der Waals surface area contributed by atoms with Crippen LogP contribution in [0.2, 0.25) is 10.0 Å². The van der Waals surface area contributed by atoms with E-state index < -0.39 is 53.2 Å². The van der Waals surface area contributed by atoms with E-state index >= 15 is 8.78 Å². The molecule has 0 aliphatic carbocycles. The van der Waals surface area contributed by atoms with E-state index in [1.165, 1.54) is 30.3 Å². The lowest BCUT2D eigenvalue weighted by molar-refractivity contribution is -0.192. The summed E-state index contributed by atoms with van der Waals surface area (Å²) in [5, 5.41) is 30.8. The average molecular weight is 609 g/mol. The van der Waals surface area contributed by atoms with Crippen LogP contribution in [-0.4, -0.2) is 53.6 Å². The SMILES string of the molecule is CCC1(C[C@@H]2N[C@@H](C(=O)O)[C@H](c3cccc(Cl)c3F)[C@@]2(C#N)c2ccc(Cl)cc2F)COC1.O=C(O)C(F)(F)F. The molecule has 0 aromatic heterocycles.